The second-order valence-corrected chi connectivity index (χ2v) is 9.20. The third-order valence-electron chi connectivity index (χ3n) is 6.80. The van der Waals surface area contributed by atoms with Crippen molar-refractivity contribution in [1.29, 1.82) is 0 Å². The Morgan fingerprint density at radius 1 is 0.838 bits per heavy atom. The van der Waals surface area contributed by atoms with Crippen molar-refractivity contribution in [2.75, 3.05) is 78.7 Å². The minimum Gasteiger partial charge on any atom is -0.479 e. The maximum absolute atomic E-state index is 12.6. The van der Waals surface area contributed by atoms with E-state index in [0.717, 1.165) is 31.7 Å². The molecule has 11 heteroatoms. The number of carboxylic acids is 1. The van der Waals surface area contributed by atoms with E-state index in [1.165, 1.54) is 0 Å². The van der Waals surface area contributed by atoms with Gasteiger partial charge in [-0.25, -0.2) is 9.59 Å². The molecule has 0 bridgehead atoms. The standard InChI is InChI=1S/C19H27N3O4.C7H13NO3/c1-2-20-12-13-25-17(14-20)18(23)21-8-10-22(11-9-21)19(24)26-15-16-6-4-3-5-7-16;1-2-8-3-4-11-6(5-8)7(9)10/h3-7,17H,2,8-15H2,1H3;6H,2-5H2,1H3,(H,9,10). The SMILES string of the molecule is CCN1CCOC(C(=O)N2CCN(C(=O)OCc3ccccc3)CC2)C1.CCN1CCOC(C(=O)O)C1. The fraction of sp³-hybridized carbons (Fsp3) is 0.654. The van der Waals surface area contributed by atoms with Gasteiger partial charge >= 0.3 is 12.1 Å². The van der Waals surface area contributed by atoms with Crippen LogP contribution in [0.1, 0.15) is 19.4 Å². The first-order valence-electron chi connectivity index (χ1n) is 13.1. The van der Waals surface area contributed by atoms with Crippen LogP contribution in [-0.2, 0) is 30.4 Å². The summed E-state index contributed by atoms with van der Waals surface area (Å²) in [5.74, 6) is -0.830. The first-order valence-corrected chi connectivity index (χ1v) is 13.1. The van der Waals surface area contributed by atoms with Crippen molar-refractivity contribution < 1.29 is 33.7 Å². The Balaban J connectivity index is 0.000000289. The Morgan fingerprint density at radius 3 is 1.95 bits per heavy atom. The van der Waals surface area contributed by atoms with E-state index in [1.54, 1.807) is 9.80 Å². The molecule has 0 aliphatic carbocycles. The van der Waals surface area contributed by atoms with Gasteiger partial charge in [0.05, 0.1) is 13.2 Å². The normalized spacial score (nSPS) is 23.1. The van der Waals surface area contributed by atoms with E-state index in [2.05, 4.69) is 16.7 Å². The van der Waals surface area contributed by atoms with Gasteiger partial charge < -0.3 is 29.1 Å². The van der Waals surface area contributed by atoms with Crippen molar-refractivity contribution in [1.82, 2.24) is 19.6 Å². The summed E-state index contributed by atoms with van der Waals surface area (Å²) in [6.45, 7) is 12.2. The van der Waals surface area contributed by atoms with Gasteiger partial charge in [0.25, 0.3) is 5.91 Å². The van der Waals surface area contributed by atoms with Crippen molar-refractivity contribution in [2.45, 2.75) is 32.7 Å². The highest BCUT2D eigenvalue weighted by atomic mass is 16.6. The number of rotatable bonds is 6. The molecule has 0 spiro atoms. The lowest BCUT2D eigenvalue weighted by Crippen LogP contribution is -2.56. The molecule has 1 aromatic rings. The maximum Gasteiger partial charge on any atom is 0.410 e. The zero-order valence-electron chi connectivity index (χ0n) is 21.9. The highest BCUT2D eigenvalue weighted by Crippen LogP contribution is 2.12. The molecule has 206 valence electrons. The lowest BCUT2D eigenvalue weighted by atomic mass is 10.2. The first kappa shape index (κ1) is 28.8. The van der Waals surface area contributed by atoms with E-state index in [0.29, 0.717) is 52.5 Å². The van der Waals surface area contributed by atoms with Crippen molar-refractivity contribution >= 4 is 18.0 Å². The number of ether oxygens (including phenoxy) is 3. The Hall–Kier alpha value is -2.73. The number of amides is 2. The number of carbonyl (C=O) groups excluding carboxylic acids is 2. The van der Waals surface area contributed by atoms with Gasteiger partial charge in [0.1, 0.15) is 12.7 Å². The molecule has 0 aromatic heterocycles. The fourth-order valence-corrected chi connectivity index (χ4v) is 4.40. The van der Waals surface area contributed by atoms with Crippen molar-refractivity contribution in [3.8, 4) is 0 Å². The Bertz CT molecular complexity index is 864. The van der Waals surface area contributed by atoms with Gasteiger partial charge in [-0.3, -0.25) is 14.6 Å². The molecule has 3 aliphatic heterocycles. The van der Waals surface area contributed by atoms with Crippen LogP contribution >= 0.6 is 0 Å². The summed E-state index contributed by atoms with van der Waals surface area (Å²) in [6, 6.07) is 9.61. The van der Waals surface area contributed by atoms with Gasteiger partial charge in [-0.05, 0) is 18.7 Å². The molecule has 37 heavy (non-hydrogen) atoms. The number of carbonyl (C=O) groups is 3. The lowest BCUT2D eigenvalue weighted by Gasteiger charge is -2.38. The van der Waals surface area contributed by atoms with Crippen LogP contribution in [-0.4, -0.2) is 134 Å². The van der Waals surface area contributed by atoms with Crippen molar-refractivity contribution in [3.05, 3.63) is 35.9 Å². The molecule has 0 radical (unpaired) electrons. The third kappa shape index (κ3) is 8.96. The van der Waals surface area contributed by atoms with Crippen molar-refractivity contribution in [2.24, 2.45) is 0 Å². The monoisotopic (exact) mass is 520 g/mol. The molecular formula is C26H40N4O7. The van der Waals surface area contributed by atoms with E-state index in [-0.39, 0.29) is 24.7 Å². The summed E-state index contributed by atoms with van der Waals surface area (Å²) in [5.41, 5.74) is 0.963. The zero-order chi connectivity index (χ0) is 26.6. The van der Waals surface area contributed by atoms with Crippen LogP contribution in [0.25, 0.3) is 0 Å². The van der Waals surface area contributed by atoms with E-state index in [4.69, 9.17) is 19.3 Å². The molecule has 1 aromatic carbocycles. The van der Waals surface area contributed by atoms with Crippen LogP contribution in [0, 0.1) is 0 Å². The molecule has 0 saturated carbocycles. The van der Waals surface area contributed by atoms with Crippen LogP contribution in [0.5, 0.6) is 0 Å². The van der Waals surface area contributed by atoms with Crippen molar-refractivity contribution in [3.63, 3.8) is 0 Å². The molecule has 3 fully saturated rings. The molecule has 1 N–H and O–H groups in total. The number of hydrogen-bond acceptors (Lipinski definition) is 8. The fourth-order valence-electron chi connectivity index (χ4n) is 4.40. The Labute approximate surface area is 218 Å². The maximum atomic E-state index is 12.6. The molecular weight excluding hydrogens is 480 g/mol. The molecule has 2 atom stereocenters. The van der Waals surface area contributed by atoms with Crippen LogP contribution in [0.3, 0.4) is 0 Å². The summed E-state index contributed by atoms with van der Waals surface area (Å²) in [4.78, 5) is 43.1. The highest BCUT2D eigenvalue weighted by Gasteiger charge is 2.32. The van der Waals surface area contributed by atoms with E-state index < -0.39 is 12.1 Å². The first-order chi connectivity index (χ1) is 17.9. The number of carboxylic acid groups (broad SMARTS) is 1. The highest BCUT2D eigenvalue weighted by molar-refractivity contribution is 5.81. The molecule has 3 heterocycles. The molecule has 4 rings (SSSR count). The minimum atomic E-state index is -0.858. The number of benzene rings is 1. The van der Waals surface area contributed by atoms with Gasteiger partial charge in [-0.15, -0.1) is 0 Å². The van der Waals surface area contributed by atoms with Crippen LogP contribution in [0.15, 0.2) is 30.3 Å². The van der Waals surface area contributed by atoms with E-state index in [1.807, 2.05) is 37.3 Å². The smallest absolute Gasteiger partial charge is 0.410 e. The quantitative estimate of drug-likeness (QED) is 0.587. The Kier molecular flexibility index (Phi) is 11.6. The van der Waals surface area contributed by atoms with Gasteiger partial charge in [0.2, 0.25) is 0 Å². The van der Waals surface area contributed by atoms with Crippen LogP contribution in [0.2, 0.25) is 0 Å². The summed E-state index contributed by atoms with van der Waals surface area (Å²) >= 11 is 0. The second-order valence-electron chi connectivity index (χ2n) is 9.20. The molecule has 3 saturated heterocycles. The van der Waals surface area contributed by atoms with Crippen LogP contribution < -0.4 is 0 Å². The summed E-state index contributed by atoms with van der Waals surface area (Å²) < 4.78 is 16.0. The number of nitrogens with zero attached hydrogens (tertiary/aromatic N) is 4. The van der Waals surface area contributed by atoms with Gasteiger partial charge in [-0.1, -0.05) is 44.2 Å². The number of likely N-dealkylation sites (N-methyl/N-ethyl adjacent to an activating group) is 2. The average Bonchev–Trinajstić information content (AvgIpc) is 2.96. The number of aliphatic carboxylic acids is 1. The average molecular weight is 521 g/mol. The lowest BCUT2D eigenvalue weighted by molar-refractivity contribution is -0.155. The Morgan fingerprint density at radius 2 is 1.38 bits per heavy atom. The van der Waals surface area contributed by atoms with Gasteiger partial charge in [0, 0.05) is 52.4 Å². The molecule has 3 aliphatic rings. The number of morpholine rings is 2. The summed E-state index contributed by atoms with van der Waals surface area (Å²) in [6.07, 6.45) is -1.34. The van der Waals surface area contributed by atoms with Gasteiger partial charge in [-0.2, -0.15) is 0 Å². The molecule has 2 amide bonds. The van der Waals surface area contributed by atoms with Gasteiger partial charge in [0.15, 0.2) is 6.10 Å². The predicted octanol–water partition coefficient (Wildman–Crippen LogP) is 0.980. The molecule has 11 nitrogen and oxygen atoms in total. The molecule has 2 unspecified atom stereocenters. The third-order valence-corrected chi connectivity index (χ3v) is 6.80. The minimum absolute atomic E-state index is 0.0282. The number of hydrogen-bond donors (Lipinski definition) is 1. The predicted molar refractivity (Wildman–Crippen MR) is 136 cm³/mol. The zero-order valence-corrected chi connectivity index (χ0v) is 21.9. The summed E-state index contributed by atoms with van der Waals surface area (Å²) in [5, 5.41) is 8.60. The topological polar surface area (TPSA) is 112 Å². The number of piperazine rings is 1. The summed E-state index contributed by atoms with van der Waals surface area (Å²) in [7, 11) is 0. The second kappa shape index (κ2) is 14.9. The van der Waals surface area contributed by atoms with Crippen LogP contribution in [0.4, 0.5) is 4.79 Å². The largest absolute Gasteiger partial charge is 0.479 e. The van der Waals surface area contributed by atoms with E-state index >= 15 is 0 Å². The van der Waals surface area contributed by atoms with E-state index in [9.17, 15) is 14.4 Å².